The van der Waals surface area contributed by atoms with Gasteiger partial charge in [0.05, 0.1) is 11.7 Å². The lowest BCUT2D eigenvalue weighted by atomic mass is 9.86. The summed E-state index contributed by atoms with van der Waals surface area (Å²) in [6.07, 6.45) is 4.02. The second-order valence-corrected chi connectivity index (χ2v) is 12.6. The topological polar surface area (TPSA) is 96.8 Å². The van der Waals surface area contributed by atoms with Gasteiger partial charge in [0.25, 0.3) is 5.91 Å². The first kappa shape index (κ1) is 26.6. The van der Waals surface area contributed by atoms with E-state index in [-0.39, 0.29) is 29.1 Å². The average Bonchev–Trinajstić information content (AvgIpc) is 3.61. The quantitative estimate of drug-likeness (QED) is 0.343. The van der Waals surface area contributed by atoms with Crippen LogP contribution in [0.2, 0.25) is 0 Å². The molecule has 2 N–H and O–H groups in total. The van der Waals surface area contributed by atoms with Crippen LogP contribution in [0, 0.1) is 11.2 Å². The average molecular weight is 567 g/mol. The Bertz CT molecular complexity index is 1730. The molecule has 1 saturated heterocycles. The Labute approximate surface area is 244 Å². The molecule has 4 aromatic rings. The van der Waals surface area contributed by atoms with Crippen molar-refractivity contribution in [2.24, 2.45) is 11.1 Å². The second kappa shape index (κ2) is 9.93. The molecule has 216 valence electrons. The van der Waals surface area contributed by atoms with Crippen LogP contribution >= 0.6 is 0 Å². The van der Waals surface area contributed by atoms with Crippen LogP contribution < -0.4 is 10.6 Å². The van der Waals surface area contributed by atoms with Crippen LogP contribution in [0.1, 0.15) is 78.8 Å². The van der Waals surface area contributed by atoms with E-state index in [0.29, 0.717) is 48.0 Å². The largest absolute Gasteiger partial charge is 0.371 e. The van der Waals surface area contributed by atoms with Gasteiger partial charge in [-0.15, -0.1) is 0 Å². The van der Waals surface area contributed by atoms with Gasteiger partial charge in [-0.2, -0.15) is 5.10 Å². The van der Waals surface area contributed by atoms with Crippen LogP contribution in [0.4, 0.5) is 10.1 Å². The Kier molecular flexibility index (Phi) is 6.29. The minimum atomic E-state index is -0.371. The summed E-state index contributed by atoms with van der Waals surface area (Å²) < 4.78 is 17.4. The third-order valence-electron chi connectivity index (χ3n) is 9.28. The lowest BCUT2D eigenvalue weighted by Crippen LogP contribution is -2.39. The van der Waals surface area contributed by atoms with E-state index in [1.807, 2.05) is 36.1 Å². The van der Waals surface area contributed by atoms with Gasteiger partial charge in [-0.05, 0) is 73.4 Å². The molecule has 0 unspecified atom stereocenters. The molecule has 0 radical (unpaired) electrons. The highest BCUT2D eigenvalue weighted by Gasteiger charge is 2.36. The van der Waals surface area contributed by atoms with Crippen molar-refractivity contribution in [2.75, 3.05) is 24.5 Å². The first-order valence-corrected chi connectivity index (χ1v) is 14.8. The number of hydrogen-bond acceptors (Lipinski definition) is 5. The van der Waals surface area contributed by atoms with Crippen molar-refractivity contribution >= 4 is 23.1 Å². The number of amides is 2. The summed E-state index contributed by atoms with van der Waals surface area (Å²) in [6.45, 7) is 6.15. The number of carbonyl (C=O) groups excluding carboxylic acids is 2. The molecule has 2 aliphatic heterocycles. The molecule has 0 spiro atoms. The molecule has 2 aromatic carbocycles. The van der Waals surface area contributed by atoms with E-state index in [4.69, 9.17) is 15.8 Å². The Morgan fingerprint density at radius 1 is 1.10 bits per heavy atom. The Hall–Kier alpha value is -4.27. The fraction of sp³-hybridized carbons (Fsp3) is 0.394. The molecular formula is C33H35FN6O2. The lowest BCUT2D eigenvalue weighted by molar-refractivity contribution is -0.119. The summed E-state index contributed by atoms with van der Waals surface area (Å²) in [6, 6.07) is 17.1. The van der Waals surface area contributed by atoms with Gasteiger partial charge >= 0.3 is 0 Å². The third kappa shape index (κ3) is 4.70. The van der Waals surface area contributed by atoms with Crippen molar-refractivity contribution in [3.8, 4) is 11.3 Å². The van der Waals surface area contributed by atoms with E-state index in [2.05, 4.69) is 24.0 Å². The third-order valence-corrected chi connectivity index (χ3v) is 9.28. The first-order chi connectivity index (χ1) is 20.2. The fourth-order valence-electron chi connectivity index (χ4n) is 6.82. The van der Waals surface area contributed by atoms with Crippen LogP contribution in [0.15, 0.2) is 54.6 Å². The number of halogens is 1. The van der Waals surface area contributed by atoms with Crippen molar-refractivity contribution in [3.63, 3.8) is 0 Å². The van der Waals surface area contributed by atoms with Crippen LogP contribution in [-0.4, -0.2) is 50.9 Å². The highest BCUT2D eigenvalue weighted by molar-refractivity contribution is 5.93. The van der Waals surface area contributed by atoms with Crippen molar-refractivity contribution < 1.29 is 14.0 Å². The van der Waals surface area contributed by atoms with Crippen LogP contribution in [0.3, 0.4) is 0 Å². The highest BCUT2D eigenvalue weighted by atomic mass is 19.1. The number of primary amides is 1. The van der Waals surface area contributed by atoms with Gasteiger partial charge < -0.3 is 15.5 Å². The van der Waals surface area contributed by atoms with E-state index in [1.54, 1.807) is 16.6 Å². The smallest absolute Gasteiger partial charge is 0.273 e. The Morgan fingerprint density at radius 2 is 1.90 bits per heavy atom. The molecule has 2 fully saturated rings. The SMILES string of the molecule is C[C@@H]1c2ccccc2CCN1C(=O)c1cc(C2CC2)n2nc(-c3ccc(N4CC[C@](C)(CC(N)=O)C4)cc3F)cc2n1. The Balaban J connectivity index is 1.19. The maximum Gasteiger partial charge on any atom is 0.273 e. The number of carbonyl (C=O) groups is 2. The second-order valence-electron chi connectivity index (χ2n) is 12.6. The molecule has 2 aromatic heterocycles. The van der Waals surface area contributed by atoms with Crippen molar-refractivity contribution in [3.05, 3.63) is 82.9 Å². The van der Waals surface area contributed by atoms with E-state index in [0.717, 1.165) is 43.6 Å². The molecule has 42 heavy (non-hydrogen) atoms. The molecule has 2 atom stereocenters. The zero-order valence-corrected chi connectivity index (χ0v) is 24.0. The molecular weight excluding hydrogens is 531 g/mol. The van der Waals surface area contributed by atoms with E-state index in [1.165, 1.54) is 17.2 Å². The molecule has 8 nitrogen and oxygen atoms in total. The Morgan fingerprint density at radius 3 is 2.67 bits per heavy atom. The van der Waals surface area contributed by atoms with Crippen molar-refractivity contribution in [1.29, 1.82) is 0 Å². The number of rotatable bonds is 6. The van der Waals surface area contributed by atoms with Gasteiger partial charge in [-0.25, -0.2) is 13.9 Å². The fourth-order valence-corrected chi connectivity index (χ4v) is 6.82. The molecule has 9 heteroatoms. The van der Waals surface area contributed by atoms with Gasteiger partial charge in [-0.3, -0.25) is 9.59 Å². The standard InChI is InChI=1S/C33H35FN6O2/c1-20-24-6-4-3-5-21(24)11-13-39(20)32(42)28-16-29(22-7-8-22)40-31(36-28)17-27(37-40)25-10-9-23(15-26(25)34)38-14-12-33(2,19-38)18-30(35)41/h3-6,9-10,15-17,20,22H,7-8,11-14,18-19H2,1-2H3,(H2,35,41)/t20-,33-/m1/s1. The zero-order chi connectivity index (χ0) is 29.2. The first-order valence-electron chi connectivity index (χ1n) is 14.8. The number of hydrogen-bond donors (Lipinski definition) is 1. The summed E-state index contributed by atoms with van der Waals surface area (Å²) in [7, 11) is 0. The number of benzene rings is 2. The van der Waals surface area contributed by atoms with Crippen molar-refractivity contribution in [2.45, 2.75) is 57.9 Å². The number of anilines is 1. The minimum absolute atomic E-state index is 0.0396. The lowest BCUT2D eigenvalue weighted by Gasteiger charge is -2.35. The summed E-state index contributed by atoms with van der Waals surface area (Å²) >= 11 is 0. The summed E-state index contributed by atoms with van der Waals surface area (Å²) in [4.78, 5) is 34.1. The molecule has 0 bridgehead atoms. The summed E-state index contributed by atoms with van der Waals surface area (Å²) in [5.74, 6) is -0.461. The number of aromatic nitrogens is 3. The van der Waals surface area contributed by atoms with Gasteiger partial charge in [0.15, 0.2) is 5.65 Å². The van der Waals surface area contributed by atoms with E-state index < -0.39 is 0 Å². The summed E-state index contributed by atoms with van der Waals surface area (Å²) in [5, 5.41) is 4.77. The normalized spacial score (nSPS) is 22.0. The summed E-state index contributed by atoms with van der Waals surface area (Å²) in [5.41, 5.74) is 11.3. The van der Waals surface area contributed by atoms with Crippen LogP contribution in [0.5, 0.6) is 0 Å². The van der Waals surface area contributed by atoms with Crippen LogP contribution in [-0.2, 0) is 11.2 Å². The van der Waals surface area contributed by atoms with Crippen molar-refractivity contribution in [1.82, 2.24) is 19.5 Å². The number of nitrogens with two attached hydrogens (primary N) is 1. The zero-order valence-electron chi connectivity index (χ0n) is 24.0. The maximum atomic E-state index is 15.6. The van der Waals surface area contributed by atoms with E-state index >= 15 is 4.39 Å². The monoisotopic (exact) mass is 566 g/mol. The molecule has 2 amide bonds. The van der Waals surface area contributed by atoms with Gasteiger partial charge in [-0.1, -0.05) is 31.2 Å². The maximum absolute atomic E-state index is 15.6. The highest BCUT2D eigenvalue weighted by Crippen LogP contribution is 2.41. The van der Waals surface area contributed by atoms with E-state index in [9.17, 15) is 9.59 Å². The molecule has 1 saturated carbocycles. The minimum Gasteiger partial charge on any atom is -0.371 e. The molecule has 1 aliphatic carbocycles. The molecule has 4 heterocycles. The van der Waals surface area contributed by atoms with Crippen LogP contribution in [0.25, 0.3) is 16.9 Å². The predicted octanol–water partition coefficient (Wildman–Crippen LogP) is 5.26. The van der Waals surface area contributed by atoms with Gasteiger partial charge in [0.1, 0.15) is 11.5 Å². The molecule has 7 rings (SSSR count). The molecule has 3 aliphatic rings. The number of nitrogens with zero attached hydrogens (tertiary/aromatic N) is 5. The number of fused-ring (bicyclic) bond motifs is 2. The predicted molar refractivity (Wildman–Crippen MR) is 159 cm³/mol. The van der Waals surface area contributed by atoms with Gasteiger partial charge in [0, 0.05) is 55.0 Å². The van der Waals surface area contributed by atoms with Gasteiger partial charge in [0.2, 0.25) is 5.91 Å².